The Morgan fingerprint density at radius 1 is 1.03 bits per heavy atom. The van der Waals surface area contributed by atoms with E-state index in [0.717, 1.165) is 63.9 Å². The van der Waals surface area contributed by atoms with Gasteiger partial charge in [-0.3, -0.25) is 9.59 Å². The van der Waals surface area contributed by atoms with E-state index in [0.29, 0.717) is 17.8 Å². The van der Waals surface area contributed by atoms with E-state index in [2.05, 4.69) is 39.8 Å². The van der Waals surface area contributed by atoms with Crippen molar-refractivity contribution in [3.05, 3.63) is 59.2 Å². The quantitative estimate of drug-likeness (QED) is 0.725. The maximum absolute atomic E-state index is 13.2. The molecule has 6 nitrogen and oxygen atoms in total. The van der Waals surface area contributed by atoms with Crippen molar-refractivity contribution in [3.63, 3.8) is 0 Å². The van der Waals surface area contributed by atoms with Gasteiger partial charge in [-0.1, -0.05) is 30.7 Å². The van der Waals surface area contributed by atoms with Crippen LogP contribution in [0.4, 0.5) is 11.4 Å². The third-order valence-electron chi connectivity index (χ3n) is 6.97. The topological polar surface area (TPSA) is 70.7 Å². The van der Waals surface area contributed by atoms with Crippen molar-refractivity contribution in [3.8, 4) is 0 Å². The lowest BCUT2D eigenvalue weighted by Crippen LogP contribution is -2.35. The first kappa shape index (κ1) is 21.0. The summed E-state index contributed by atoms with van der Waals surface area (Å²) in [6.07, 6.45) is 6.08. The first-order valence-electron chi connectivity index (χ1n) is 11.8. The lowest BCUT2D eigenvalue weighted by atomic mass is 9.85. The number of fused-ring (bicyclic) bond motifs is 1. The summed E-state index contributed by atoms with van der Waals surface area (Å²) < 4.78 is 5.66. The molecule has 6 heteroatoms. The number of carbonyl (C=O) groups is 2. The summed E-state index contributed by atoms with van der Waals surface area (Å²) in [7, 11) is 0. The predicted octanol–water partition coefficient (Wildman–Crippen LogP) is 3.90. The molecule has 1 saturated heterocycles. The number of benzene rings is 2. The van der Waals surface area contributed by atoms with E-state index in [1.165, 1.54) is 11.1 Å². The maximum Gasteiger partial charge on any atom is 0.253 e. The Labute approximate surface area is 189 Å². The van der Waals surface area contributed by atoms with Crippen LogP contribution in [0, 0.1) is 5.92 Å². The number of carbonyl (C=O) groups excluding carboxylic acids is 2. The molecule has 2 amide bonds. The molecule has 0 spiro atoms. The number of hydrogen-bond donors (Lipinski definition) is 2. The van der Waals surface area contributed by atoms with Crippen LogP contribution in [0.1, 0.15) is 53.6 Å². The van der Waals surface area contributed by atoms with Crippen LogP contribution in [0.2, 0.25) is 0 Å². The summed E-state index contributed by atoms with van der Waals surface area (Å²) in [6, 6.07) is 14.2. The third kappa shape index (κ3) is 4.51. The molecule has 2 aliphatic heterocycles. The van der Waals surface area contributed by atoms with E-state index in [9.17, 15) is 9.59 Å². The van der Waals surface area contributed by atoms with Crippen LogP contribution in [-0.4, -0.2) is 37.6 Å². The minimum absolute atomic E-state index is 0.0570. The highest BCUT2D eigenvalue weighted by molar-refractivity contribution is 6.02. The van der Waals surface area contributed by atoms with E-state index < -0.39 is 0 Å². The molecule has 2 aromatic carbocycles. The van der Waals surface area contributed by atoms with Crippen LogP contribution >= 0.6 is 0 Å². The average Bonchev–Trinajstić information content (AvgIpc) is 3.29. The van der Waals surface area contributed by atoms with Gasteiger partial charge in [0.25, 0.3) is 5.91 Å². The SMILES string of the molecule is O=C(NCC1CCCO1)c1cc(NC(=O)C2CCC2)ccc1N1CCc2ccccc2C1. The summed E-state index contributed by atoms with van der Waals surface area (Å²) in [6.45, 7) is 2.91. The minimum Gasteiger partial charge on any atom is -0.376 e. The van der Waals surface area contributed by atoms with E-state index in [4.69, 9.17) is 4.74 Å². The average molecular weight is 434 g/mol. The third-order valence-corrected chi connectivity index (χ3v) is 6.97. The van der Waals surface area contributed by atoms with Crippen LogP contribution in [0.25, 0.3) is 0 Å². The van der Waals surface area contributed by atoms with Gasteiger partial charge in [-0.15, -0.1) is 0 Å². The number of ether oxygens (including phenoxy) is 1. The van der Waals surface area contributed by atoms with Crippen molar-refractivity contribution in [1.29, 1.82) is 0 Å². The Bertz CT molecular complexity index is 996. The number of anilines is 2. The van der Waals surface area contributed by atoms with Crippen molar-refractivity contribution < 1.29 is 14.3 Å². The van der Waals surface area contributed by atoms with Crippen molar-refractivity contribution in [1.82, 2.24) is 5.32 Å². The van der Waals surface area contributed by atoms with Gasteiger partial charge in [0.05, 0.1) is 11.7 Å². The fraction of sp³-hybridized carbons (Fsp3) is 0.462. The van der Waals surface area contributed by atoms with Gasteiger partial charge in [0.15, 0.2) is 0 Å². The summed E-state index contributed by atoms with van der Waals surface area (Å²) in [5, 5.41) is 6.08. The molecule has 2 fully saturated rings. The molecule has 2 heterocycles. The molecule has 0 aromatic heterocycles. The number of nitrogens with zero attached hydrogens (tertiary/aromatic N) is 1. The number of rotatable bonds is 6. The molecular formula is C26H31N3O3. The maximum atomic E-state index is 13.2. The summed E-state index contributed by atoms with van der Waals surface area (Å²) in [5.74, 6) is 0.0424. The Morgan fingerprint density at radius 3 is 2.62 bits per heavy atom. The minimum atomic E-state index is -0.117. The highest BCUT2D eigenvalue weighted by Crippen LogP contribution is 2.31. The molecule has 2 N–H and O–H groups in total. The Hall–Kier alpha value is -2.86. The van der Waals surface area contributed by atoms with Gasteiger partial charge in [0.1, 0.15) is 0 Å². The zero-order valence-electron chi connectivity index (χ0n) is 18.4. The van der Waals surface area contributed by atoms with Crippen LogP contribution < -0.4 is 15.5 Å². The van der Waals surface area contributed by atoms with Crippen LogP contribution in [0.15, 0.2) is 42.5 Å². The molecule has 1 saturated carbocycles. The number of hydrogen-bond acceptors (Lipinski definition) is 4. The van der Waals surface area contributed by atoms with Gasteiger partial charge in [-0.05, 0) is 61.4 Å². The molecule has 5 rings (SSSR count). The summed E-state index contributed by atoms with van der Waals surface area (Å²) >= 11 is 0. The van der Waals surface area contributed by atoms with Crippen molar-refractivity contribution >= 4 is 23.2 Å². The van der Waals surface area contributed by atoms with Gasteiger partial charge in [0, 0.05) is 43.5 Å². The standard InChI is InChI=1S/C26H31N3O3/c30-25(19-7-3-8-19)28-21-10-11-24(29-13-12-18-5-1-2-6-20(18)17-29)23(15-21)26(31)27-16-22-9-4-14-32-22/h1-2,5-6,10-11,15,19,22H,3-4,7-9,12-14,16-17H2,(H,27,31)(H,28,30). The molecule has 1 atom stereocenters. The van der Waals surface area contributed by atoms with Crippen molar-refractivity contribution in [2.75, 3.05) is 29.9 Å². The highest BCUT2D eigenvalue weighted by Gasteiger charge is 2.27. The molecule has 168 valence electrons. The predicted molar refractivity (Wildman–Crippen MR) is 125 cm³/mol. The largest absolute Gasteiger partial charge is 0.376 e. The molecule has 1 unspecified atom stereocenters. The Kier molecular flexibility index (Phi) is 6.12. The lowest BCUT2D eigenvalue weighted by molar-refractivity contribution is -0.122. The highest BCUT2D eigenvalue weighted by atomic mass is 16.5. The molecular weight excluding hydrogens is 402 g/mol. The Morgan fingerprint density at radius 2 is 1.88 bits per heavy atom. The lowest BCUT2D eigenvalue weighted by Gasteiger charge is -2.32. The molecule has 3 aliphatic rings. The van der Waals surface area contributed by atoms with E-state index in [-0.39, 0.29) is 23.8 Å². The van der Waals surface area contributed by atoms with Gasteiger partial charge in [-0.2, -0.15) is 0 Å². The second-order valence-corrected chi connectivity index (χ2v) is 9.13. The summed E-state index contributed by atoms with van der Waals surface area (Å²) in [4.78, 5) is 28.0. The van der Waals surface area contributed by atoms with Crippen LogP contribution in [-0.2, 0) is 22.5 Å². The van der Waals surface area contributed by atoms with Crippen LogP contribution in [0.3, 0.4) is 0 Å². The van der Waals surface area contributed by atoms with Gasteiger partial charge in [0.2, 0.25) is 5.91 Å². The van der Waals surface area contributed by atoms with E-state index in [1.807, 2.05) is 18.2 Å². The molecule has 0 bridgehead atoms. The first-order chi connectivity index (χ1) is 15.7. The smallest absolute Gasteiger partial charge is 0.253 e. The first-order valence-corrected chi connectivity index (χ1v) is 11.8. The van der Waals surface area contributed by atoms with Crippen molar-refractivity contribution in [2.45, 2.75) is 51.2 Å². The van der Waals surface area contributed by atoms with E-state index >= 15 is 0 Å². The zero-order chi connectivity index (χ0) is 21.9. The second-order valence-electron chi connectivity index (χ2n) is 9.13. The Balaban J connectivity index is 1.38. The molecule has 32 heavy (non-hydrogen) atoms. The molecule has 2 aromatic rings. The molecule has 0 radical (unpaired) electrons. The number of nitrogens with one attached hydrogen (secondary N) is 2. The van der Waals surface area contributed by atoms with Gasteiger partial charge in [-0.25, -0.2) is 0 Å². The number of amides is 2. The van der Waals surface area contributed by atoms with Crippen LogP contribution in [0.5, 0.6) is 0 Å². The fourth-order valence-electron chi connectivity index (χ4n) is 4.79. The second kappa shape index (κ2) is 9.33. The molecule has 1 aliphatic carbocycles. The fourth-order valence-corrected chi connectivity index (χ4v) is 4.79. The van der Waals surface area contributed by atoms with Gasteiger partial charge < -0.3 is 20.3 Å². The van der Waals surface area contributed by atoms with Gasteiger partial charge >= 0.3 is 0 Å². The summed E-state index contributed by atoms with van der Waals surface area (Å²) in [5.41, 5.74) is 4.87. The van der Waals surface area contributed by atoms with E-state index in [1.54, 1.807) is 0 Å². The monoisotopic (exact) mass is 433 g/mol. The normalized spacial score (nSPS) is 20.4. The van der Waals surface area contributed by atoms with Crippen molar-refractivity contribution in [2.24, 2.45) is 5.92 Å². The zero-order valence-corrected chi connectivity index (χ0v) is 18.4.